The van der Waals surface area contributed by atoms with Gasteiger partial charge in [-0.3, -0.25) is 4.79 Å². The van der Waals surface area contributed by atoms with Gasteiger partial charge >= 0.3 is 5.97 Å². The molecular weight excluding hydrogens is 432 g/mol. The highest BCUT2D eigenvalue weighted by Crippen LogP contribution is 2.41. The van der Waals surface area contributed by atoms with E-state index in [1.165, 1.54) is 0 Å². The van der Waals surface area contributed by atoms with E-state index in [-0.39, 0.29) is 40.8 Å². The minimum absolute atomic E-state index is 0.0243. The van der Waals surface area contributed by atoms with Crippen molar-refractivity contribution in [1.29, 1.82) is 0 Å². The predicted octanol–water partition coefficient (Wildman–Crippen LogP) is 7.18. The van der Waals surface area contributed by atoms with Gasteiger partial charge in [0.2, 0.25) is 0 Å². The summed E-state index contributed by atoms with van der Waals surface area (Å²) < 4.78 is 19.3. The lowest BCUT2D eigenvalue weighted by Crippen LogP contribution is -2.52. The maximum absolute atomic E-state index is 12.6. The molecule has 6 heteroatoms. The van der Waals surface area contributed by atoms with Gasteiger partial charge in [0.15, 0.2) is 16.6 Å². The van der Waals surface area contributed by atoms with Gasteiger partial charge in [0, 0.05) is 12.3 Å². The molecule has 0 fully saturated rings. The SMILES string of the molecule is C#CC[C@@H](O[Si](C)(C)C(C)(C)C)[C@H](COC(=O)C(C)(C)C)[C@@H](C=C)O[Si](C)(C)C(C)(C)C. The van der Waals surface area contributed by atoms with Crippen LogP contribution >= 0.6 is 0 Å². The summed E-state index contributed by atoms with van der Waals surface area (Å²) in [6.45, 7) is 31.9. The lowest BCUT2D eigenvalue weighted by molar-refractivity contribution is -0.156. The van der Waals surface area contributed by atoms with Gasteiger partial charge in [0.1, 0.15) is 0 Å². The summed E-state index contributed by atoms with van der Waals surface area (Å²) in [5.41, 5.74) is -0.587. The largest absolute Gasteiger partial charge is 0.465 e. The lowest BCUT2D eigenvalue weighted by Gasteiger charge is -2.45. The quantitative estimate of drug-likeness (QED) is 0.143. The van der Waals surface area contributed by atoms with E-state index < -0.39 is 22.0 Å². The van der Waals surface area contributed by atoms with Crippen LogP contribution in [0.2, 0.25) is 36.3 Å². The van der Waals surface area contributed by atoms with E-state index in [0.717, 1.165) is 0 Å². The van der Waals surface area contributed by atoms with Crippen molar-refractivity contribution in [2.24, 2.45) is 11.3 Å². The first kappa shape index (κ1) is 31.1. The zero-order valence-electron chi connectivity index (χ0n) is 23.1. The third-order valence-corrected chi connectivity index (χ3v) is 15.9. The standard InChI is InChI=1S/C26H50O4Si2/c1-16-18-22(30-32(14,15)26(9,10)11)20(19-28-23(27)24(3,4)5)21(17-2)29-31(12,13)25(6,7)8/h1,17,20-22H,2,18-19H2,3-15H3/t20-,21-,22-/m1/s1. The number of esters is 1. The zero-order valence-corrected chi connectivity index (χ0v) is 25.1. The van der Waals surface area contributed by atoms with Crippen LogP contribution in [0.3, 0.4) is 0 Å². The highest BCUT2D eigenvalue weighted by molar-refractivity contribution is 6.74. The first-order valence-corrected chi connectivity index (χ1v) is 17.5. The van der Waals surface area contributed by atoms with Gasteiger partial charge in [-0.15, -0.1) is 18.9 Å². The van der Waals surface area contributed by atoms with Gasteiger partial charge in [-0.1, -0.05) is 47.6 Å². The Kier molecular flexibility index (Phi) is 10.7. The van der Waals surface area contributed by atoms with Gasteiger partial charge in [0.05, 0.1) is 24.2 Å². The Morgan fingerprint density at radius 2 is 1.38 bits per heavy atom. The number of carbonyl (C=O) groups excluding carboxylic acids is 1. The Labute approximate surface area is 201 Å². The molecule has 0 unspecified atom stereocenters. The number of rotatable bonds is 10. The van der Waals surface area contributed by atoms with Crippen molar-refractivity contribution in [3.63, 3.8) is 0 Å². The summed E-state index contributed by atoms with van der Waals surface area (Å²) in [5.74, 6) is 2.31. The molecule has 0 amide bonds. The number of hydrogen-bond acceptors (Lipinski definition) is 4. The molecule has 0 aliphatic rings. The summed E-state index contributed by atoms with van der Waals surface area (Å²) >= 11 is 0. The van der Waals surface area contributed by atoms with Crippen LogP contribution in [-0.4, -0.2) is 41.4 Å². The van der Waals surface area contributed by atoms with Crippen LogP contribution in [0.1, 0.15) is 68.7 Å². The molecule has 0 radical (unpaired) electrons. The number of terminal acetylenes is 1. The van der Waals surface area contributed by atoms with Crippen molar-refractivity contribution in [3.05, 3.63) is 12.7 Å². The number of ether oxygens (including phenoxy) is 1. The molecule has 0 rings (SSSR count). The van der Waals surface area contributed by atoms with Gasteiger partial charge in [-0.25, -0.2) is 0 Å². The fourth-order valence-corrected chi connectivity index (χ4v) is 5.25. The maximum Gasteiger partial charge on any atom is 0.311 e. The molecule has 4 nitrogen and oxygen atoms in total. The Morgan fingerprint density at radius 1 is 0.938 bits per heavy atom. The van der Waals surface area contributed by atoms with E-state index in [9.17, 15) is 4.79 Å². The van der Waals surface area contributed by atoms with E-state index >= 15 is 0 Å². The molecule has 3 atom stereocenters. The molecule has 0 heterocycles. The molecule has 186 valence electrons. The molecule has 0 aromatic rings. The average molecular weight is 483 g/mol. The molecule has 0 N–H and O–H groups in total. The van der Waals surface area contributed by atoms with Crippen LogP contribution in [0.4, 0.5) is 0 Å². The normalized spacial score (nSPS) is 16.6. The molecule has 0 aromatic carbocycles. The van der Waals surface area contributed by atoms with E-state index in [2.05, 4.69) is 80.2 Å². The maximum atomic E-state index is 12.6. The summed E-state index contributed by atoms with van der Waals surface area (Å²) in [6, 6.07) is 0. The molecule has 0 aromatic heterocycles. The third-order valence-electron chi connectivity index (χ3n) is 6.96. The first-order valence-electron chi connectivity index (χ1n) is 11.7. The second-order valence-corrected chi connectivity index (χ2v) is 22.4. The summed E-state index contributed by atoms with van der Waals surface area (Å²) in [5, 5.41) is 0.0548. The van der Waals surface area contributed by atoms with Crippen molar-refractivity contribution >= 4 is 22.6 Å². The van der Waals surface area contributed by atoms with Crippen LogP contribution in [0, 0.1) is 23.7 Å². The zero-order chi connectivity index (χ0) is 25.8. The number of hydrogen-bond donors (Lipinski definition) is 0. The van der Waals surface area contributed by atoms with Crippen LogP contribution in [0.15, 0.2) is 12.7 Å². The van der Waals surface area contributed by atoms with Crippen molar-refractivity contribution < 1.29 is 18.4 Å². The second-order valence-electron chi connectivity index (χ2n) is 12.9. The van der Waals surface area contributed by atoms with Crippen LogP contribution in [0.5, 0.6) is 0 Å². The van der Waals surface area contributed by atoms with E-state index in [4.69, 9.17) is 20.0 Å². The van der Waals surface area contributed by atoms with Crippen molar-refractivity contribution in [2.75, 3.05) is 6.61 Å². The molecule has 0 bridgehead atoms. The summed E-state index contributed by atoms with van der Waals surface area (Å²) in [6.07, 6.45) is 7.41. The molecule has 32 heavy (non-hydrogen) atoms. The van der Waals surface area contributed by atoms with Gasteiger partial charge in [0.25, 0.3) is 0 Å². The predicted molar refractivity (Wildman–Crippen MR) is 142 cm³/mol. The van der Waals surface area contributed by atoms with Crippen molar-refractivity contribution in [2.45, 2.75) is 117 Å². The molecule has 0 saturated carbocycles. The highest BCUT2D eigenvalue weighted by atomic mass is 28.4. The molecule has 0 aliphatic heterocycles. The van der Waals surface area contributed by atoms with Gasteiger partial charge in [-0.05, 0) is 57.0 Å². The Bertz CT molecular complexity index is 670. The first-order chi connectivity index (χ1) is 14.1. The van der Waals surface area contributed by atoms with Crippen molar-refractivity contribution in [1.82, 2.24) is 0 Å². The van der Waals surface area contributed by atoms with Gasteiger partial charge in [-0.2, -0.15) is 0 Å². The van der Waals surface area contributed by atoms with E-state index in [1.807, 2.05) is 26.8 Å². The van der Waals surface area contributed by atoms with E-state index in [1.54, 1.807) is 0 Å². The monoisotopic (exact) mass is 482 g/mol. The Balaban J connectivity index is 6.22. The lowest BCUT2D eigenvalue weighted by atomic mass is 9.94. The van der Waals surface area contributed by atoms with Gasteiger partial charge < -0.3 is 13.6 Å². The molecule has 0 spiro atoms. The smallest absolute Gasteiger partial charge is 0.311 e. The summed E-state index contributed by atoms with van der Waals surface area (Å²) in [4.78, 5) is 12.6. The van der Waals surface area contributed by atoms with Crippen LogP contribution in [0.25, 0.3) is 0 Å². The fourth-order valence-electron chi connectivity index (χ4n) is 2.58. The molecule has 0 aliphatic carbocycles. The topological polar surface area (TPSA) is 44.8 Å². The number of carbonyl (C=O) groups is 1. The highest BCUT2D eigenvalue weighted by Gasteiger charge is 2.45. The fraction of sp³-hybridized carbons (Fsp3) is 0.808. The minimum atomic E-state index is -2.13. The Hall–Kier alpha value is -0.876. The van der Waals surface area contributed by atoms with Crippen LogP contribution in [-0.2, 0) is 18.4 Å². The molecule has 0 saturated heterocycles. The average Bonchev–Trinajstić information content (AvgIpc) is 2.57. The molecular formula is C26H50O4Si2. The summed E-state index contributed by atoms with van der Waals surface area (Å²) in [7, 11) is -4.25. The van der Waals surface area contributed by atoms with Crippen LogP contribution < -0.4 is 0 Å². The van der Waals surface area contributed by atoms with Crippen molar-refractivity contribution in [3.8, 4) is 12.3 Å². The second kappa shape index (κ2) is 11.0. The van der Waals surface area contributed by atoms with E-state index in [0.29, 0.717) is 6.42 Å². The minimum Gasteiger partial charge on any atom is -0.465 e. The Morgan fingerprint density at radius 3 is 1.72 bits per heavy atom. The third kappa shape index (κ3) is 8.81.